The number of benzene rings is 1. The standard InChI is InChI=1S/C14H14BrNO2/c1-9-10(6-7-18-9)14(17)12(8-16)11-4-2-3-5-13(11)15/h2-5,9-10,12H,6-7H2,1H3. The monoisotopic (exact) mass is 307 g/mol. The van der Waals surface area contributed by atoms with Crippen LogP contribution in [-0.4, -0.2) is 18.5 Å². The van der Waals surface area contributed by atoms with E-state index < -0.39 is 5.92 Å². The van der Waals surface area contributed by atoms with Crippen LogP contribution < -0.4 is 0 Å². The van der Waals surface area contributed by atoms with Gasteiger partial charge in [-0.15, -0.1) is 0 Å². The van der Waals surface area contributed by atoms with Crippen LogP contribution in [-0.2, 0) is 9.53 Å². The summed E-state index contributed by atoms with van der Waals surface area (Å²) in [6.45, 7) is 2.50. The van der Waals surface area contributed by atoms with E-state index in [1.807, 2.05) is 31.2 Å². The van der Waals surface area contributed by atoms with Crippen LogP contribution in [0.3, 0.4) is 0 Å². The Bertz CT molecular complexity index is 495. The number of carbonyl (C=O) groups is 1. The van der Waals surface area contributed by atoms with Gasteiger partial charge in [-0.05, 0) is 25.0 Å². The van der Waals surface area contributed by atoms with Crippen LogP contribution in [0.5, 0.6) is 0 Å². The van der Waals surface area contributed by atoms with Gasteiger partial charge in [-0.3, -0.25) is 4.79 Å². The van der Waals surface area contributed by atoms with Crippen LogP contribution in [0.1, 0.15) is 24.8 Å². The SMILES string of the molecule is CC1OCCC1C(=O)C(C#N)c1ccccc1Br. The molecule has 1 aliphatic heterocycles. The van der Waals surface area contributed by atoms with Crippen molar-refractivity contribution >= 4 is 21.7 Å². The molecule has 0 spiro atoms. The third-order valence-electron chi connectivity index (χ3n) is 3.37. The third-order valence-corrected chi connectivity index (χ3v) is 4.09. The maximum atomic E-state index is 12.4. The van der Waals surface area contributed by atoms with Crippen LogP contribution in [0.25, 0.3) is 0 Å². The second kappa shape index (κ2) is 5.64. The Morgan fingerprint density at radius 2 is 2.28 bits per heavy atom. The molecule has 0 aromatic heterocycles. The lowest BCUT2D eigenvalue weighted by Gasteiger charge is -2.17. The Hall–Kier alpha value is -1.18. The summed E-state index contributed by atoms with van der Waals surface area (Å²) in [4.78, 5) is 12.4. The molecule has 0 bridgehead atoms. The predicted molar refractivity (Wildman–Crippen MR) is 71.0 cm³/mol. The van der Waals surface area contributed by atoms with Crippen LogP contribution in [0.4, 0.5) is 0 Å². The Morgan fingerprint density at radius 3 is 2.83 bits per heavy atom. The molecule has 0 aliphatic carbocycles. The smallest absolute Gasteiger partial charge is 0.160 e. The van der Waals surface area contributed by atoms with Gasteiger partial charge in [0.05, 0.1) is 12.2 Å². The fourth-order valence-corrected chi connectivity index (χ4v) is 2.83. The molecule has 4 heteroatoms. The number of carbonyl (C=O) groups excluding carboxylic acids is 1. The first-order chi connectivity index (χ1) is 8.65. The summed E-state index contributed by atoms with van der Waals surface area (Å²) in [5, 5.41) is 9.29. The highest BCUT2D eigenvalue weighted by Gasteiger charge is 2.36. The van der Waals surface area contributed by atoms with E-state index in [9.17, 15) is 10.1 Å². The minimum Gasteiger partial charge on any atom is -0.378 e. The zero-order chi connectivity index (χ0) is 13.1. The molecule has 3 atom stereocenters. The fourth-order valence-electron chi connectivity index (χ4n) is 2.32. The highest BCUT2D eigenvalue weighted by atomic mass is 79.9. The summed E-state index contributed by atoms with van der Waals surface area (Å²) in [6.07, 6.45) is 0.624. The largest absolute Gasteiger partial charge is 0.378 e. The zero-order valence-corrected chi connectivity index (χ0v) is 11.7. The van der Waals surface area contributed by atoms with E-state index in [4.69, 9.17) is 4.74 Å². The van der Waals surface area contributed by atoms with Crippen LogP contribution >= 0.6 is 15.9 Å². The van der Waals surface area contributed by atoms with E-state index in [2.05, 4.69) is 22.0 Å². The summed E-state index contributed by atoms with van der Waals surface area (Å²) in [6, 6.07) is 9.49. The number of ketones is 1. The molecule has 3 unspecified atom stereocenters. The summed E-state index contributed by atoms with van der Waals surface area (Å²) >= 11 is 3.40. The Kier molecular flexibility index (Phi) is 4.15. The van der Waals surface area contributed by atoms with E-state index in [0.29, 0.717) is 13.0 Å². The molecule has 0 saturated carbocycles. The molecule has 0 radical (unpaired) electrons. The Balaban J connectivity index is 2.27. The molecule has 1 aliphatic rings. The first kappa shape index (κ1) is 13.3. The van der Waals surface area contributed by atoms with Gasteiger partial charge in [-0.2, -0.15) is 5.26 Å². The Morgan fingerprint density at radius 1 is 1.56 bits per heavy atom. The number of ether oxygens (including phenoxy) is 1. The zero-order valence-electron chi connectivity index (χ0n) is 10.1. The van der Waals surface area contributed by atoms with Gasteiger partial charge >= 0.3 is 0 Å². The maximum absolute atomic E-state index is 12.4. The number of rotatable bonds is 3. The number of hydrogen-bond acceptors (Lipinski definition) is 3. The number of halogens is 1. The van der Waals surface area contributed by atoms with Crippen molar-refractivity contribution in [3.8, 4) is 6.07 Å². The number of nitrogens with zero attached hydrogens (tertiary/aromatic N) is 1. The summed E-state index contributed by atoms with van der Waals surface area (Å²) in [5.41, 5.74) is 0.740. The molecule has 1 saturated heterocycles. The molecule has 1 aromatic carbocycles. The fraction of sp³-hybridized carbons (Fsp3) is 0.429. The minimum atomic E-state index is -0.713. The predicted octanol–water partition coefficient (Wildman–Crippen LogP) is 3.05. The van der Waals surface area contributed by atoms with Gasteiger partial charge in [-0.25, -0.2) is 0 Å². The van der Waals surface area contributed by atoms with E-state index in [1.165, 1.54) is 0 Å². The van der Waals surface area contributed by atoms with Crippen molar-refractivity contribution in [2.45, 2.75) is 25.4 Å². The van der Waals surface area contributed by atoms with Crippen molar-refractivity contribution in [3.05, 3.63) is 34.3 Å². The lowest BCUT2D eigenvalue weighted by Crippen LogP contribution is -2.26. The molecule has 1 aromatic rings. The van der Waals surface area contributed by atoms with Crippen LogP contribution in [0, 0.1) is 17.2 Å². The van der Waals surface area contributed by atoms with Crippen molar-refractivity contribution in [1.82, 2.24) is 0 Å². The average molecular weight is 308 g/mol. The second-order valence-corrected chi connectivity index (χ2v) is 5.31. The van der Waals surface area contributed by atoms with Gasteiger partial charge in [0.2, 0.25) is 0 Å². The van der Waals surface area contributed by atoms with Crippen molar-refractivity contribution in [3.63, 3.8) is 0 Å². The highest BCUT2D eigenvalue weighted by molar-refractivity contribution is 9.10. The molecular weight excluding hydrogens is 294 g/mol. The lowest BCUT2D eigenvalue weighted by molar-refractivity contribution is -0.124. The summed E-state index contributed by atoms with van der Waals surface area (Å²) < 4.78 is 6.21. The van der Waals surface area contributed by atoms with Gasteiger partial charge in [-0.1, -0.05) is 34.1 Å². The van der Waals surface area contributed by atoms with E-state index in [0.717, 1.165) is 10.0 Å². The number of Topliss-reactive ketones (excluding diaryl/α,β-unsaturated/α-hetero) is 1. The second-order valence-electron chi connectivity index (χ2n) is 4.46. The van der Waals surface area contributed by atoms with Crippen molar-refractivity contribution in [1.29, 1.82) is 5.26 Å². The maximum Gasteiger partial charge on any atom is 0.160 e. The van der Waals surface area contributed by atoms with Gasteiger partial charge in [0.15, 0.2) is 5.78 Å². The van der Waals surface area contributed by atoms with E-state index >= 15 is 0 Å². The molecule has 18 heavy (non-hydrogen) atoms. The van der Waals surface area contributed by atoms with E-state index in [-0.39, 0.29) is 17.8 Å². The van der Waals surface area contributed by atoms with Gasteiger partial charge in [0, 0.05) is 17.0 Å². The molecule has 94 valence electrons. The quantitative estimate of drug-likeness (QED) is 0.862. The molecule has 0 N–H and O–H groups in total. The number of nitriles is 1. The molecule has 0 amide bonds. The summed E-state index contributed by atoms with van der Waals surface area (Å²) in [7, 11) is 0. The Labute approximate surface area is 115 Å². The molecule has 1 fully saturated rings. The minimum absolute atomic E-state index is 0.0330. The first-order valence-corrected chi connectivity index (χ1v) is 6.74. The van der Waals surface area contributed by atoms with E-state index in [1.54, 1.807) is 0 Å². The first-order valence-electron chi connectivity index (χ1n) is 5.94. The third kappa shape index (κ3) is 2.47. The molecular formula is C14H14BrNO2. The molecule has 1 heterocycles. The van der Waals surface area contributed by atoms with Gasteiger partial charge < -0.3 is 4.74 Å². The lowest BCUT2D eigenvalue weighted by atomic mass is 9.85. The normalized spacial score (nSPS) is 24.5. The van der Waals surface area contributed by atoms with Crippen LogP contribution in [0.2, 0.25) is 0 Å². The number of hydrogen-bond donors (Lipinski definition) is 0. The van der Waals surface area contributed by atoms with Crippen molar-refractivity contribution < 1.29 is 9.53 Å². The average Bonchev–Trinajstić information content (AvgIpc) is 2.78. The molecule has 3 nitrogen and oxygen atoms in total. The molecule has 2 rings (SSSR count). The van der Waals surface area contributed by atoms with Gasteiger partial charge in [0.25, 0.3) is 0 Å². The highest BCUT2D eigenvalue weighted by Crippen LogP contribution is 2.31. The van der Waals surface area contributed by atoms with Crippen molar-refractivity contribution in [2.75, 3.05) is 6.61 Å². The van der Waals surface area contributed by atoms with Crippen LogP contribution in [0.15, 0.2) is 28.7 Å². The van der Waals surface area contributed by atoms with Gasteiger partial charge in [0.1, 0.15) is 5.92 Å². The summed E-state index contributed by atoms with van der Waals surface area (Å²) in [5.74, 6) is -0.911. The topological polar surface area (TPSA) is 50.1 Å². The van der Waals surface area contributed by atoms with Crippen molar-refractivity contribution in [2.24, 2.45) is 5.92 Å².